The fraction of sp³-hybridized carbons (Fsp3) is 0.500. The largest absolute Gasteiger partial charge is 0.480 e. The molecule has 1 aromatic rings. The summed E-state index contributed by atoms with van der Waals surface area (Å²) in [4.78, 5) is 12.9. The molecule has 0 spiro atoms. The summed E-state index contributed by atoms with van der Waals surface area (Å²) in [5.74, 6) is -0.0888. The summed E-state index contributed by atoms with van der Waals surface area (Å²) in [6.45, 7) is 1.70. The molecule has 0 bridgehead atoms. The lowest BCUT2D eigenvalue weighted by Crippen LogP contribution is -2.49. The van der Waals surface area contributed by atoms with Gasteiger partial charge in [-0.1, -0.05) is 0 Å². The molecule has 1 aromatic heterocycles. The van der Waals surface area contributed by atoms with Crippen LogP contribution in [0, 0.1) is 0 Å². The van der Waals surface area contributed by atoms with Crippen LogP contribution < -0.4 is 5.73 Å². The summed E-state index contributed by atoms with van der Waals surface area (Å²) in [6.07, 6.45) is 2.10. The smallest absolute Gasteiger partial charge is 0.325 e. The van der Waals surface area contributed by atoms with Gasteiger partial charge in [0.15, 0.2) is 0 Å². The number of rotatable bonds is 3. The number of carboxylic acid groups (broad SMARTS) is 1. The highest BCUT2D eigenvalue weighted by atomic mass is 16.4. The molecule has 2 heterocycles. The van der Waals surface area contributed by atoms with Crippen LogP contribution in [-0.2, 0) is 11.3 Å². The summed E-state index contributed by atoms with van der Waals surface area (Å²) in [5, 5.41) is 8.94. The topological polar surface area (TPSA) is 79.7 Å². The third kappa shape index (κ3) is 2.03. The third-order valence-electron chi connectivity index (χ3n) is 2.77. The van der Waals surface area contributed by atoms with Gasteiger partial charge >= 0.3 is 5.97 Å². The summed E-state index contributed by atoms with van der Waals surface area (Å²) in [6, 6.07) is 3.69. The van der Waals surface area contributed by atoms with Gasteiger partial charge in [-0.15, -0.1) is 0 Å². The lowest BCUT2D eigenvalue weighted by molar-refractivity contribution is -0.142. The Balaban J connectivity index is 1.96. The number of furan rings is 1. The Bertz CT molecular complexity index is 350. The Kier molecular flexibility index (Phi) is 2.50. The molecule has 5 heteroatoms. The van der Waals surface area contributed by atoms with Gasteiger partial charge in [0.2, 0.25) is 0 Å². The number of carboxylic acids is 1. The second kappa shape index (κ2) is 3.67. The predicted molar refractivity (Wildman–Crippen MR) is 53.2 cm³/mol. The van der Waals surface area contributed by atoms with Crippen molar-refractivity contribution in [3.63, 3.8) is 0 Å². The first-order valence-corrected chi connectivity index (χ1v) is 4.87. The van der Waals surface area contributed by atoms with Crippen molar-refractivity contribution in [1.29, 1.82) is 0 Å². The Morgan fingerprint density at radius 3 is 3.07 bits per heavy atom. The van der Waals surface area contributed by atoms with Gasteiger partial charge in [0.05, 0.1) is 12.8 Å². The third-order valence-corrected chi connectivity index (χ3v) is 2.77. The van der Waals surface area contributed by atoms with Crippen molar-refractivity contribution in [2.24, 2.45) is 5.73 Å². The first-order chi connectivity index (χ1) is 7.10. The highest BCUT2D eigenvalue weighted by Crippen LogP contribution is 2.20. The van der Waals surface area contributed by atoms with Crippen LogP contribution in [0.3, 0.4) is 0 Å². The number of hydrogen-bond acceptors (Lipinski definition) is 4. The molecule has 3 N–H and O–H groups in total. The van der Waals surface area contributed by atoms with Crippen molar-refractivity contribution in [3.05, 3.63) is 24.2 Å². The van der Waals surface area contributed by atoms with Crippen LogP contribution in [-0.4, -0.2) is 34.6 Å². The minimum Gasteiger partial charge on any atom is -0.480 e. The van der Waals surface area contributed by atoms with Crippen LogP contribution in [0.2, 0.25) is 0 Å². The lowest BCUT2D eigenvalue weighted by atomic mass is 10.0. The fourth-order valence-electron chi connectivity index (χ4n) is 1.85. The van der Waals surface area contributed by atoms with Crippen molar-refractivity contribution >= 4 is 5.97 Å². The Morgan fingerprint density at radius 1 is 1.73 bits per heavy atom. The second-order valence-electron chi connectivity index (χ2n) is 4.00. The molecule has 82 valence electrons. The van der Waals surface area contributed by atoms with E-state index in [4.69, 9.17) is 15.3 Å². The average Bonchev–Trinajstić information content (AvgIpc) is 2.77. The van der Waals surface area contributed by atoms with Gasteiger partial charge in [-0.2, -0.15) is 0 Å². The van der Waals surface area contributed by atoms with E-state index < -0.39 is 11.5 Å². The minimum atomic E-state index is -1.09. The number of aliphatic carboxylic acids is 1. The average molecular weight is 210 g/mol. The Hall–Kier alpha value is -1.33. The highest BCUT2D eigenvalue weighted by Gasteiger charge is 2.41. The Morgan fingerprint density at radius 2 is 2.53 bits per heavy atom. The molecule has 15 heavy (non-hydrogen) atoms. The van der Waals surface area contributed by atoms with Gasteiger partial charge in [0, 0.05) is 13.1 Å². The molecule has 5 nitrogen and oxygen atoms in total. The zero-order valence-corrected chi connectivity index (χ0v) is 8.35. The summed E-state index contributed by atoms with van der Waals surface area (Å²) < 4.78 is 5.19. The van der Waals surface area contributed by atoms with Crippen LogP contribution in [0.15, 0.2) is 22.8 Å². The molecule has 0 radical (unpaired) electrons. The van der Waals surface area contributed by atoms with E-state index in [2.05, 4.69) is 0 Å². The van der Waals surface area contributed by atoms with Gasteiger partial charge < -0.3 is 15.3 Å². The Labute approximate surface area is 87.5 Å². The predicted octanol–water partition coefficient (Wildman–Crippen LogP) is 0.267. The molecule has 1 aliphatic heterocycles. The van der Waals surface area contributed by atoms with E-state index in [0.29, 0.717) is 26.1 Å². The van der Waals surface area contributed by atoms with E-state index in [1.807, 2.05) is 17.0 Å². The molecule has 0 aliphatic carbocycles. The molecule has 1 aliphatic rings. The summed E-state index contributed by atoms with van der Waals surface area (Å²) >= 11 is 0. The monoisotopic (exact) mass is 210 g/mol. The maximum Gasteiger partial charge on any atom is 0.325 e. The standard InChI is InChI=1S/C10H14N2O3/c11-10(9(13)14)3-4-12(7-10)6-8-2-1-5-15-8/h1-2,5H,3-4,6-7,11H2,(H,13,14). The van der Waals surface area contributed by atoms with Gasteiger partial charge in [-0.3, -0.25) is 9.69 Å². The van der Waals surface area contributed by atoms with Gasteiger partial charge in [-0.05, 0) is 18.6 Å². The molecular formula is C10H14N2O3. The molecule has 1 fully saturated rings. The first kappa shape index (κ1) is 10.2. The molecule has 0 amide bonds. The highest BCUT2D eigenvalue weighted by molar-refractivity contribution is 5.79. The van der Waals surface area contributed by atoms with Crippen LogP contribution >= 0.6 is 0 Å². The maximum absolute atomic E-state index is 10.9. The van der Waals surface area contributed by atoms with E-state index in [-0.39, 0.29) is 0 Å². The first-order valence-electron chi connectivity index (χ1n) is 4.87. The molecule has 0 aromatic carbocycles. The maximum atomic E-state index is 10.9. The van der Waals surface area contributed by atoms with E-state index in [9.17, 15) is 4.79 Å². The van der Waals surface area contributed by atoms with Crippen molar-refractivity contribution in [2.45, 2.75) is 18.5 Å². The molecule has 1 saturated heterocycles. The number of hydrogen-bond donors (Lipinski definition) is 2. The van der Waals surface area contributed by atoms with Gasteiger partial charge in [-0.25, -0.2) is 0 Å². The normalized spacial score (nSPS) is 27.0. The second-order valence-corrected chi connectivity index (χ2v) is 4.00. The SMILES string of the molecule is NC1(C(=O)O)CCN(Cc2ccco2)C1. The van der Waals surface area contributed by atoms with Crippen molar-refractivity contribution in [2.75, 3.05) is 13.1 Å². The van der Waals surface area contributed by atoms with E-state index in [0.717, 1.165) is 5.76 Å². The zero-order chi connectivity index (χ0) is 10.9. The lowest BCUT2D eigenvalue weighted by Gasteiger charge is -2.19. The molecule has 2 rings (SSSR count). The van der Waals surface area contributed by atoms with E-state index in [1.54, 1.807) is 6.26 Å². The molecule has 1 atom stereocenters. The van der Waals surface area contributed by atoms with Crippen LogP contribution in [0.5, 0.6) is 0 Å². The number of likely N-dealkylation sites (tertiary alicyclic amines) is 1. The molecule has 1 unspecified atom stereocenters. The van der Waals surface area contributed by atoms with Crippen molar-refractivity contribution in [3.8, 4) is 0 Å². The number of nitrogens with two attached hydrogens (primary N) is 1. The van der Waals surface area contributed by atoms with Crippen LogP contribution in [0.25, 0.3) is 0 Å². The van der Waals surface area contributed by atoms with Gasteiger partial charge in [0.25, 0.3) is 0 Å². The van der Waals surface area contributed by atoms with E-state index in [1.165, 1.54) is 0 Å². The number of carbonyl (C=O) groups is 1. The van der Waals surface area contributed by atoms with Crippen LogP contribution in [0.4, 0.5) is 0 Å². The van der Waals surface area contributed by atoms with E-state index >= 15 is 0 Å². The van der Waals surface area contributed by atoms with Crippen molar-refractivity contribution < 1.29 is 14.3 Å². The quantitative estimate of drug-likeness (QED) is 0.748. The summed E-state index contributed by atoms with van der Waals surface area (Å²) in [7, 11) is 0. The summed E-state index contributed by atoms with van der Waals surface area (Å²) in [5.41, 5.74) is 4.66. The molecular weight excluding hydrogens is 196 g/mol. The molecule has 0 saturated carbocycles. The number of nitrogens with zero attached hydrogens (tertiary/aromatic N) is 1. The van der Waals surface area contributed by atoms with Gasteiger partial charge in [0.1, 0.15) is 11.3 Å². The minimum absolute atomic E-state index is 0.378. The fourth-order valence-corrected chi connectivity index (χ4v) is 1.85. The van der Waals surface area contributed by atoms with Crippen molar-refractivity contribution in [1.82, 2.24) is 4.90 Å². The van der Waals surface area contributed by atoms with Crippen LogP contribution in [0.1, 0.15) is 12.2 Å². The zero-order valence-electron chi connectivity index (χ0n) is 8.35.